The van der Waals surface area contributed by atoms with Crippen LogP contribution >= 0.6 is 11.8 Å². The van der Waals surface area contributed by atoms with Gasteiger partial charge in [-0.2, -0.15) is 0 Å². The maximum atomic E-state index is 13.7. The van der Waals surface area contributed by atoms with Gasteiger partial charge in [0.1, 0.15) is 11.7 Å². The molecule has 1 atom stereocenters. The zero-order valence-electron chi connectivity index (χ0n) is 9.75. The van der Waals surface area contributed by atoms with Crippen molar-refractivity contribution in [2.24, 2.45) is 11.7 Å². The molecule has 1 aromatic carbocycles. The number of hydrogen-bond acceptors (Lipinski definition) is 2. The van der Waals surface area contributed by atoms with Crippen LogP contribution in [0.15, 0.2) is 23.1 Å². The van der Waals surface area contributed by atoms with Gasteiger partial charge >= 0.3 is 0 Å². The lowest BCUT2D eigenvalue weighted by molar-refractivity contribution is 0.597. The molecule has 0 radical (unpaired) electrons. The normalized spacial score (nSPS) is 12.8. The Labute approximate surface area is 99.9 Å². The molecule has 1 rings (SSSR count). The van der Waals surface area contributed by atoms with Gasteiger partial charge in [-0.05, 0) is 24.1 Å². The average molecular weight is 240 g/mol. The van der Waals surface area contributed by atoms with Gasteiger partial charge < -0.3 is 5.73 Å². The fourth-order valence-corrected chi connectivity index (χ4v) is 2.09. The van der Waals surface area contributed by atoms with Gasteiger partial charge in [0.15, 0.2) is 0 Å². The summed E-state index contributed by atoms with van der Waals surface area (Å²) in [6, 6.07) is 4.69. The largest absolute Gasteiger partial charge is 0.384 e. The van der Waals surface area contributed by atoms with E-state index >= 15 is 0 Å². The highest BCUT2D eigenvalue weighted by Crippen LogP contribution is 2.30. The van der Waals surface area contributed by atoms with Crippen LogP contribution in [-0.4, -0.2) is 11.1 Å². The van der Waals surface area contributed by atoms with Crippen LogP contribution in [0.5, 0.6) is 0 Å². The van der Waals surface area contributed by atoms with Gasteiger partial charge in [-0.15, -0.1) is 11.8 Å². The second kappa shape index (κ2) is 5.34. The number of amidine groups is 1. The quantitative estimate of drug-likeness (QED) is 0.482. The number of benzene rings is 1. The maximum absolute atomic E-state index is 13.7. The highest BCUT2D eigenvalue weighted by Gasteiger charge is 2.12. The van der Waals surface area contributed by atoms with E-state index < -0.39 is 0 Å². The van der Waals surface area contributed by atoms with Gasteiger partial charge in [0.05, 0.1) is 0 Å². The summed E-state index contributed by atoms with van der Waals surface area (Å²) in [5.74, 6) is 0.0921. The summed E-state index contributed by atoms with van der Waals surface area (Å²) in [5.41, 5.74) is 5.72. The van der Waals surface area contributed by atoms with Gasteiger partial charge in [-0.25, -0.2) is 4.39 Å². The molecule has 0 aliphatic heterocycles. The van der Waals surface area contributed by atoms with Crippen LogP contribution in [0.25, 0.3) is 0 Å². The molecule has 0 bridgehead atoms. The Kier molecular flexibility index (Phi) is 4.35. The van der Waals surface area contributed by atoms with E-state index in [1.54, 1.807) is 12.1 Å². The summed E-state index contributed by atoms with van der Waals surface area (Å²) < 4.78 is 13.7. The minimum absolute atomic E-state index is 0.104. The highest BCUT2D eigenvalue weighted by molar-refractivity contribution is 8.00. The average Bonchev–Trinajstić information content (AvgIpc) is 2.20. The van der Waals surface area contributed by atoms with E-state index in [-0.39, 0.29) is 11.7 Å². The third-order valence-corrected chi connectivity index (χ3v) is 4.00. The summed E-state index contributed by atoms with van der Waals surface area (Å²) in [7, 11) is 0. The number of hydrogen-bond donors (Lipinski definition) is 2. The Hall–Kier alpha value is -1.03. The van der Waals surface area contributed by atoms with Crippen molar-refractivity contribution in [1.82, 2.24) is 0 Å². The molecule has 0 aromatic heterocycles. The molecule has 3 N–H and O–H groups in total. The van der Waals surface area contributed by atoms with E-state index in [0.29, 0.717) is 21.6 Å². The molecular formula is C12H17FN2S. The van der Waals surface area contributed by atoms with E-state index in [1.807, 2.05) is 0 Å². The molecular weight excluding hydrogens is 223 g/mol. The van der Waals surface area contributed by atoms with Crippen molar-refractivity contribution in [1.29, 1.82) is 5.41 Å². The number of halogens is 1. The van der Waals surface area contributed by atoms with Crippen molar-refractivity contribution in [3.8, 4) is 0 Å². The van der Waals surface area contributed by atoms with Crippen molar-refractivity contribution in [2.45, 2.75) is 30.9 Å². The molecule has 0 fully saturated rings. The van der Waals surface area contributed by atoms with Crippen LogP contribution in [0.1, 0.15) is 26.3 Å². The molecule has 1 aromatic rings. The van der Waals surface area contributed by atoms with Crippen LogP contribution in [0.2, 0.25) is 0 Å². The van der Waals surface area contributed by atoms with E-state index in [9.17, 15) is 4.39 Å². The number of thioether (sulfide) groups is 1. The van der Waals surface area contributed by atoms with Gasteiger partial charge in [0.2, 0.25) is 0 Å². The fourth-order valence-electron chi connectivity index (χ4n) is 1.10. The van der Waals surface area contributed by atoms with Crippen LogP contribution in [0.3, 0.4) is 0 Å². The fraction of sp³-hybridized carbons (Fsp3) is 0.417. The zero-order chi connectivity index (χ0) is 12.3. The van der Waals surface area contributed by atoms with Crippen LogP contribution in [0.4, 0.5) is 4.39 Å². The lowest BCUT2D eigenvalue weighted by Crippen LogP contribution is -2.11. The lowest BCUT2D eigenvalue weighted by Gasteiger charge is -2.15. The second-order valence-corrected chi connectivity index (χ2v) is 5.54. The number of nitrogens with one attached hydrogen (secondary N) is 1. The number of rotatable bonds is 4. The van der Waals surface area contributed by atoms with Crippen molar-refractivity contribution < 1.29 is 4.39 Å². The van der Waals surface area contributed by atoms with E-state index in [1.165, 1.54) is 17.8 Å². The smallest absolute Gasteiger partial charge is 0.137 e. The summed E-state index contributed by atoms with van der Waals surface area (Å²) in [6.07, 6.45) is 0. The third-order valence-electron chi connectivity index (χ3n) is 2.49. The van der Waals surface area contributed by atoms with Crippen molar-refractivity contribution in [2.75, 3.05) is 0 Å². The van der Waals surface area contributed by atoms with Crippen molar-refractivity contribution >= 4 is 17.6 Å². The number of nitrogens with two attached hydrogens (primary N) is 1. The molecule has 0 aliphatic rings. The Morgan fingerprint density at radius 3 is 2.44 bits per heavy atom. The van der Waals surface area contributed by atoms with Crippen molar-refractivity contribution in [3.05, 3.63) is 29.6 Å². The molecule has 1 unspecified atom stereocenters. The zero-order valence-corrected chi connectivity index (χ0v) is 10.6. The first kappa shape index (κ1) is 13.0. The highest BCUT2D eigenvalue weighted by atomic mass is 32.2. The monoisotopic (exact) mass is 240 g/mol. The Morgan fingerprint density at radius 1 is 1.38 bits per heavy atom. The van der Waals surface area contributed by atoms with Gasteiger partial charge in [-0.1, -0.05) is 20.8 Å². The lowest BCUT2D eigenvalue weighted by atomic mass is 10.2. The first-order chi connectivity index (χ1) is 7.41. The summed E-state index contributed by atoms with van der Waals surface area (Å²) >= 11 is 1.51. The summed E-state index contributed by atoms with van der Waals surface area (Å²) in [6.45, 7) is 6.30. The molecule has 2 nitrogen and oxygen atoms in total. The molecule has 88 valence electrons. The molecule has 0 spiro atoms. The Morgan fingerprint density at radius 2 is 2.00 bits per heavy atom. The molecule has 0 aliphatic carbocycles. The topological polar surface area (TPSA) is 49.9 Å². The van der Waals surface area contributed by atoms with Crippen LogP contribution in [0, 0.1) is 17.1 Å². The Bertz CT molecular complexity index is 391. The predicted molar refractivity (Wildman–Crippen MR) is 67.6 cm³/mol. The predicted octanol–water partition coefficient (Wildman–Crippen LogP) is 3.25. The molecule has 4 heteroatoms. The molecule has 0 saturated heterocycles. The minimum atomic E-state index is -0.301. The van der Waals surface area contributed by atoms with E-state index in [4.69, 9.17) is 11.1 Å². The first-order valence-electron chi connectivity index (χ1n) is 5.22. The molecule has 0 saturated carbocycles. The van der Waals surface area contributed by atoms with E-state index in [0.717, 1.165) is 0 Å². The minimum Gasteiger partial charge on any atom is -0.384 e. The van der Waals surface area contributed by atoms with Gasteiger partial charge in [0, 0.05) is 15.7 Å². The number of nitrogen functional groups attached to an aromatic ring is 1. The van der Waals surface area contributed by atoms with Gasteiger partial charge in [0.25, 0.3) is 0 Å². The maximum Gasteiger partial charge on any atom is 0.137 e. The van der Waals surface area contributed by atoms with Crippen LogP contribution in [-0.2, 0) is 0 Å². The van der Waals surface area contributed by atoms with Crippen molar-refractivity contribution in [3.63, 3.8) is 0 Å². The van der Waals surface area contributed by atoms with Crippen LogP contribution < -0.4 is 5.73 Å². The Balaban J connectivity index is 2.87. The molecule has 0 heterocycles. The SMILES string of the molecule is CC(C)C(C)Sc1ccc(C(=N)N)cc1F. The standard InChI is InChI=1S/C12H17FN2S/c1-7(2)8(3)16-11-5-4-9(12(14)15)6-10(11)13/h4-8H,1-3H3,(H3,14,15). The van der Waals surface area contributed by atoms with E-state index in [2.05, 4.69) is 20.8 Å². The van der Waals surface area contributed by atoms with Gasteiger partial charge in [-0.3, -0.25) is 5.41 Å². The first-order valence-corrected chi connectivity index (χ1v) is 6.10. The summed E-state index contributed by atoms with van der Waals surface area (Å²) in [4.78, 5) is 0.617. The summed E-state index contributed by atoms with van der Waals surface area (Å²) in [5, 5.41) is 7.58. The molecule has 16 heavy (non-hydrogen) atoms. The third kappa shape index (κ3) is 3.23. The molecule has 0 amide bonds. The second-order valence-electron chi connectivity index (χ2n) is 4.13.